The lowest BCUT2D eigenvalue weighted by atomic mass is 9.95. The maximum Gasteiger partial charge on any atom is 0.257 e. The lowest BCUT2D eigenvalue weighted by molar-refractivity contribution is -0.134. The molecule has 3 aromatic carbocycles. The van der Waals surface area contributed by atoms with Crippen molar-refractivity contribution < 1.29 is 4.79 Å². The molecule has 1 saturated heterocycles. The van der Waals surface area contributed by atoms with E-state index in [1.54, 1.807) is 5.01 Å². The zero-order valence-electron chi connectivity index (χ0n) is 21.0. The van der Waals surface area contributed by atoms with Crippen LogP contribution in [0.5, 0.6) is 0 Å². The average molecular weight is 501 g/mol. The highest BCUT2D eigenvalue weighted by atomic mass is 35.5. The zero-order chi connectivity index (χ0) is 25.1. The summed E-state index contributed by atoms with van der Waals surface area (Å²) in [4.78, 5) is 18.3. The van der Waals surface area contributed by atoms with Crippen LogP contribution in [0.3, 0.4) is 0 Å². The Morgan fingerprint density at radius 1 is 0.917 bits per heavy atom. The van der Waals surface area contributed by atoms with E-state index < -0.39 is 0 Å². The number of nitrogens with zero attached hydrogens (tertiary/aromatic N) is 4. The number of aryl methyl sites for hydroxylation is 2. The fourth-order valence-corrected chi connectivity index (χ4v) is 5.23. The molecule has 186 valence electrons. The van der Waals surface area contributed by atoms with Crippen LogP contribution < -0.4 is 0 Å². The van der Waals surface area contributed by atoms with Crippen molar-refractivity contribution in [1.82, 2.24) is 14.8 Å². The Hall–Kier alpha value is -2.99. The number of piperazine rings is 1. The number of hydrazone groups is 1. The summed E-state index contributed by atoms with van der Waals surface area (Å²) in [5, 5.41) is 7.32. The third kappa shape index (κ3) is 5.70. The minimum atomic E-state index is -0.121. The van der Waals surface area contributed by atoms with Crippen LogP contribution in [-0.4, -0.2) is 59.2 Å². The van der Waals surface area contributed by atoms with Gasteiger partial charge in [0, 0.05) is 49.7 Å². The number of carbonyl (C=O) groups is 1. The van der Waals surface area contributed by atoms with Crippen LogP contribution in [0.4, 0.5) is 0 Å². The summed E-state index contributed by atoms with van der Waals surface area (Å²) in [6.45, 7) is 9.21. The Morgan fingerprint density at radius 3 is 2.33 bits per heavy atom. The Kier molecular flexibility index (Phi) is 7.51. The molecule has 2 aliphatic heterocycles. The number of amides is 1. The summed E-state index contributed by atoms with van der Waals surface area (Å²) in [6.07, 6.45) is 0.697. The maximum atomic E-state index is 13.6. The first-order valence-electron chi connectivity index (χ1n) is 12.7. The summed E-state index contributed by atoms with van der Waals surface area (Å²) in [6, 6.07) is 24.7. The number of halogens is 1. The summed E-state index contributed by atoms with van der Waals surface area (Å²) in [7, 11) is 0. The van der Waals surface area contributed by atoms with Crippen LogP contribution in [0.25, 0.3) is 0 Å². The topological polar surface area (TPSA) is 39.2 Å². The first-order chi connectivity index (χ1) is 17.5. The lowest BCUT2D eigenvalue weighted by Crippen LogP contribution is -2.49. The summed E-state index contributed by atoms with van der Waals surface area (Å²) in [5.41, 5.74) is 6.86. The van der Waals surface area contributed by atoms with E-state index in [-0.39, 0.29) is 11.9 Å². The van der Waals surface area contributed by atoms with E-state index in [9.17, 15) is 4.79 Å². The Labute approximate surface area is 219 Å². The van der Waals surface area contributed by atoms with E-state index in [2.05, 4.69) is 72.2 Å². The van der Waals surface area contributed by atoms with Gasteiger partial charge in [-0.3, -0.25) is 14.6 Å². The Morgan fingerprint density at radius 2 is 1.61 bits per heavy atom. The van der Waals surface area contributed by atoms with E-state index in [0.717, 1.165) is 49.6 Å². The monoisotopic (exact) mass is 500 g/mol. The van der Waals surface area contributed by atoms with Gasteiger partial charge in [0.2, 0.25) is 0 Å². The molecule has 36 heavy (non-hydrogen) atoms. The molecule has 1 fully saturated rings. The number of hydrogen-bond acceptors (Lipinski definition) is 4. The molecule has 0 unspecified atom stereocenters. The lowest BCUT2D eigenvalue weighted by Gasteiger charge is -2.35. The van der Waals surface area contributed by atoms with E-state index in [0.29, 0.717) is 18.0 Å². The SMILES string of the molecule is Cc1ccc(C)c(C2=NN(C(=O)CN3CCN(Cc4ccccc4)CC3)[C@@H](c3ccc(Cl)cc3)C2)c1. The average Bonchev–Trinajstić information content (AvgIpc) is 3.33. The standard InChI is InChI=1S/C30H33ClN4O/c1-22-8-9-23(2)27(18-22)28-19-29(25-10-12-26(31)13-11-25)35(32-28)30(36)21-34-16-14-33(15-17-34)20-24-6-4-3-5-7-24/h3-13,18,29H,14-17,19-21H2,1-2H3/t29-/m1/s1. The molecular formula is C30H33ClN4O. The largest absolute Gasteiger partial charge is 0.297 e. The quantitative estimate of drug-likeness (QED) is 0.451. The van der Waals surface area contributed by atoms with Gasteiger partial charge >= 0.3 is 0 Å². The number of hydrogen-bond donors (Lipinski definition) is 0. The van der Waals surface area contributed by atoms with Crippen molar-refractivity contribution in [2.24, 2.45) is 5.10 Å². The predicted molar refractivity (Wildman–Crippen MR) is 146 cm³/mol. The first-order valence-corrected chi connectivity index (χ1v) is 13.1. The van der Waals surface area contributed by atoms with Gasteiger partial charge in [0.25, 0.3) is 5.91 Å². The summed E-state index contributed by atoms with van der Waals surface area (Å²) >= 11 is 6.15. The van der Waals surface area contributed by atoms with Gasteiger partial charge in [-0.2, -0.15) is 5.10 Å². The number of benzene rings is 3. The van der Waals surface area contributed by atoms with Crippen LogP contribution >= 0.6 is 11.6 Å². The van der Waals surface area contributed by atoms with Crippen LogP contribution in [0, 0.1) is 13.8 Å². The summed E-state index contributed by atoms with van der Waals surface area (Å²) in [5.74, 6) is 0.0479. The molecule has 5 rings (SSSR count). The molecule has 6 heteroatoms. The molecule has 0 bridgehead atoms. The summed E-state index contributed by atoms with van der Waals surface area (Å²) < 4.78 is 0. The number of rotatable bonds is 6. The highest BCUT2D eigenvalue weighted by molar-refractivity contribution is 6.30. The van der Waals surface area contributed by atoms with Crippen LogP contribution in [0.1, 0.15) is 40.3 Å². The van der Waals surface area contributed by atoms with E-state index >= 15 is 0 Å². The third-order valence-electron chi connectivity index (χ3n) is 7.20. The van der Waals surface area contributed by atoms with Crippen molar-refractivity contribution >= 4 is 23.2 Å². The molecule has 3 aromatic rings. The van der Waals surface area contributed by atoms with Gasteiger partial charge in [-0.1, -0.05) is 71.8 Å². The van der Waals surface area contributed by atoms with Crippen molar-refractivity contribution in [3.63, 3.8) is 0 Å². The third-order valence-corrected chi connectivity index (χ3v) is 7.45. The van der Waals surface area contributed by atoms with Crippen molar-refractivity contribution in [2.75, 3.05) is 32.7 Å². The maximum absolute atomic E-state index is 13.6. The van der Waals surface area contributed by atoms with Crippen LogP contribution in [-0.2, 0) is 11.3 Å². The smallest absolute Gasteiger partial charge is 0.257 e. The van der Waals surface area contributed by atoms with E-state index in [1.165, 1.54) is 16.7 Å². The molecule has 0 aromatic heterocycles. The van der Waals surface area contributed by atoms with Gasteiger partial charge in [-0.05, 0) is 48.7 Å². The highest BCUT2D eigenvalue weighted by Gasteiger charge is 2.34. The fraction of sp³-hybridized carbons (Fsp3) is 0.333. The molecule has 0 saturated carbocycles. The Balaban J connectivity index is 1.29. The van der Waals surface area contributed by atoms with Gasteiger partial charge in [-0.15, -0.1) is 0 Å². The van der Waals surface area contributed by atoms with Gasteiger partial charge in [0.05, 0.1) is 18.3 Å². The van der Waals surface area contributed by atoms with E-state index in [1.807, 2.05) is 24.3 Å². The van der Waals surface area contributed by atoms with Gasteiger partial charge < -0.3 is 0 Å². The molecule has 0 spiro atoms. The van der Waals surface area contributed by atoms with Crippen LogP contribution in [0.2, 0.25) is 5.02 Å². The fourth-order valence-electron chi connectivity index (χ4n) is 5.11. The molecular weight excluding hydrogens is 468 g/mol. The van der Waals surface area contributed by atoms with Crippen LogP contribution in [0.15, 0.2) is 77.9 Å². The van der Waals surface area contributed by atoms with Gasteiger partial charge in [-0.25, -0.2) is 5.01 Å². The number of carbonyl (C=O) groups excluding carboxylic acids is 1. The van der Waals surface area contributed by atoms with Gasteiger partial charge in [0.1, 0.15) is 0 Å². The first kappa shape index (κ1) is 24.7. The second-order valence-corrected chi connectivity index (χ2v) is 10.3. The normalized spacial score (nSPS) is 18.9. The van der Waals surface area contributed by atoms with E-state index in [4.69, 9.17) is 16.7 Å². The molecule has 1 atom stereocenters. The molecule has 2 heterocycles. The highest BCUT2D eigenvalue weighted by Crippen LogP contribution is 2.34. The second-order valence-electron chi connectivity index (χ2n) is 9.91. The molecule has 1 amide bonds. The second kappa shape index (κ2) is 11.0. The zero-order valence-corrected chi connectivity index (χ0v) is 21.8. The van der Waals surface area contributed by atoms with Crippen molar-refractivity contribution in [3.05, 3.63) is 106 Å². The molecule has 0 aliphatic carbocycles. The molecule has 5 nitrogen and oxygen atoms in total. The molecule has 0 N–H and O–H groups in total. The minimum Gasteiger partial charge on any atom is -0.297 e. The van der Waals surface area contributed by atoms with Gasteiger partial charge in [0.15, 0.2) is 0 Å². The van der Waals surface area contributed by atoms with Crippen molar-refractivity contribution in [1.29, 1.82) is 0 Å². The predicted octanol–water partition coefficient (Wildman–Crippen LogP) is 5.45. The Bertz CT molecular complexity index is 1230. The minimum absolute atomic E-state index is 0.0479. The molecule has 0 radical (unpaired) electrons. The van der Waals surface area contributed by atoms with Crippen molar-refractivity contribution in [3.8, 4) is 0 Å². The van der Waals surface area contributed by atoms with Crippen molar-refractivity contribution in [2.45, 2.75) is 32.9 Å². The molecule has 2 aliphatic rings.